The van der Waals surface area contributed by atoms with E-state index in [0.717, 1.165) is 55.3 Å². The molecule has 0 fully saturated rings. The Kier molecular flexibility index (Phi) is 9.46. The maximum absolute atomic E-state index is 5.28. The molecule has 1 aliphatic rings. The first kappa shape index (κ1) is 39.1. The van der Waals surface area contributed by atoms with Gasteiger partial charge in [-0.15, -0.1) is 0 Å². The van der Waals surface area contributed by atoms with Gasteiger partial charge in [0.25, 0.3) is 0 Å². The van der Waals surface area contributed by atoms with Crippen LogP contribution >= 0.6 is 0 Å². The topological polar surface area (TPSA) is 41.9 Å². The number of benzene rings is 10. The molecule has 1 aromatic heterocycles. The third-order valence-corrected chi connectivity index (χ3v) is 13.3. The number of nitrogens with zero attached hydrogens (tertiary/aromatic N) is 4. The minimum Gasteiger partial charge on any atom is -0.310 e. The van der Waals surface area contributed by atoms with E-state index in [4.69, 9.17) is 15.0 Å². The summed E-state index contributed by atoms with van der Waals surface area (Å²) in [6.07, 6.45) is 0. The lowest BCUT2D eigenvalue weighted by molar-refractivity contribution is 0.660. The molecule has 1 heterocycles. The van der Waals surface area contributed by atoms with E-state index in [1.165, 1.54) is 44.5 Å². The third kappa shape index (κ3) is 6.83. The quantitative estimate of drug-likeness (QED) is 0.153. The van der Waals surface area contributed by atoms with Crippen molar-refractivity contribution in [3.63, 3.8) is 0 Å². The lowest BCUT2D eigenvalue weighted by Crippen LogP contribution is -2.16. The Labute approximate surface area is 385 Å². The van der Waals surface area contributed by atoms with Crippen LogP contribution in [0.15, 0.2) is 231 Å². The van der Waals surface area contributed by atoms with Crippen molar-refractivity contribution in [1.29, 1.82) is 0 Å². The molecule has 10 aromatic carbocycles. The molecule has 0 unspecified atom stereocenters. The van der Waals surface area contributed by atoms with Crippen LogP contribution in [0.5, 0.6) is 0 Å². The van der Waals surface area contributed by atoms with Crippen molar-refractivity contribution in [2.45, 2.75) is 19.3 Å². The van der Waals surface area contributed by atoms with Gasteiger partial charge in [0.15, 0.2) is 17.5 Å². The Morgan fingerprint density at radius 1 is 0.303 bits per heavy atom. The smallest absolute Gasteiger partial charge is 0.164 e. The van der Waals surface area contributed by atoms with Gasteiger partial charge in [0.1, 0.15) is 0 Å². The number of aromatic nitrogens is 3. The zero-order chi connectivity index (χ0) is 44.2. The molecule has 0 bridgehead atoms. The van der Waals surface area contributed by atoms with E-state index in [1.807, 2.05) is 0 Å². The molecule has 0 atom stereocenters. The monoisotopic (exact) mass is 844 g/mol. The maximum atomic E-state index is 5.28. The molecule has 0 saturated carbocycles. The molecule has 4 heteroatoms. The summed E-state index contributed by atoms with van der Waals surface area (Å²) in [5.41, 5.74) is 15.7. The van der Waals surface area contributed by atoms with Crippen molar-refractivity contribution in [2.24, 2.45) is 0 Å². The van der Waals surface area contributed by atoms with Crippen molar-refractivity contribution in [3.05, 3.63) is 242 Å². The maximum Gasteiger partial charge on any atom is 0.164 e. The summed E-state index contributed by atoms with van der Waals surface area (Å²) in [6.45, 7) is 4.69. The standard InChI is InChI=1S/C62H44N4/c1-62(2)57-39-47(59-63-60(55-25-13-21-45-19-9-11-23-51(45)55)65-61(64-59)56-26-14-22-46-20-10-12-24-52(46)56)31-37-53(57)54-38-36-50(40-58(54)62)66(48-32-27-43(28-33-48)41-15-5-3-6-16-41)49-34-29-44(30-35-49)42-17-7-4-8-18-42/h3-40H,1-2H3. The molecule has 4 nitrogen and oxygen atoms in total. The summed E-state index contributed by atoms with van der Waals surface area (Å²) >= 11 is 0. The number of rotatable bonds is 8. The van der Waals surface area contributed by atoms with Crippen LogP contribution in [0.2, 0.25) is 0 Å². The summed E-state index contributed by atoms with van der Waals surface area (Å²) in [4.78, 5) is 18.2. The lowest BCUT2D eigenvalue weighted by Gasteiger charge is -2.28. The fraction of sp³-hybridized carbons (Fsp3) is 0.0484. The first-order chi connectivity index (χ1) is 32.5. The van der Waals surface area contributed by atoms with Gasteiger partial charge in [-0.1, -0.05) is 202 Å². The molecule has 12 rings (SSSR count). The highest BCUT2D eigenvalue weighted by Gasteiger charge is 2.36. The molecule has 0 aliphatic heterocycles. The minimum absolute atomic E-state index is 0.319. The number of hydrogen-bond donors (Lipinski definition) is 0. The van der Waals surface area contributed by atoms with Crippen molar-refractivity contribution in [3.8, 4) is 67.5 Å². The van der Waals surface area contributed by atoms with Gasteiger partial charge in [0, 0.05) is 39.2 Å². The van der Waals surface area contributed by atoms with Gasteiger partial charge >= 0.3 is 0 Å². The normalized spacial score (nSPS) is 12.5. The molecule has 312 valence electrons. The van der Waals surface area contributed by atoms with Crippen LogP contribution in [0, 0.1) is 0 Å². The predicted molar refractivity (Wildman–Crippen MR) is 274 cm³/mol. The minimum atomic E-state index is -0.319. The van der Waals surface area contributed by atoms with Gasteiger partial charge in [-0.05, 0) is 109 Å². The highest BCUT2D eigenvalue weighted by Crippen LogP contribution is 2.52. The second kappa shape index (κ2) is 16.0. The summed E-state index contributed by atoms with van der Waals surface area (Å²) in [6, 6.07) is 82.3. The van der Waals surface area contributed by atoms with E-state index in [-0.39, 0.29) is 5.41 Å². The zero-order valence-corrected chi connectivity index (χ0v) is 36.7. The van der Waals surface area contributed by atoms with E-state index < -0.39 is 0 Å². The van der Waals surface area contributed by atoms with Crippen LogP contribution in [-0.4, -0.2) is 15.0 Å². The summed E-state index contributed by atoms with van der Waals surface area (Å²) < 4.78 is 0. The van der Waals surface area contributed by atoms with E-state index >= 15 is 0 Å². The van der Waals surface area contributed by atoms with Gasteiger partial charge in [-0.3, -0.25) is 0 Å². The Hall–Kier alpha value is -8.47. The van der Waals surface area contributed by atoms with Crippen LogP contribution in [0.1, 0.15) is 25.0 Å². The van der Waals surface area contributed by atoms with E-state index in [9.17, 15) is 0 Å². The van der Waals surface area contributed by atoms with Crippen LogP contribution in [0.4, 0.5) is 17.1 Å². The van der Waals surface area contributed by atoms with Crippen LogP contribution < -0.4 is 4.90 Å². The van der Waals surface area contributed by atoms with Crippen molar-refractivity contribution < 1.29 is 0 Å². The second-order valence-electron chi connectivity index (χ2n) is 17.6. The predicted octanol–water partition coefficient (Wildman–Crippen LogP) is 16.3. The Bertz CT molecular complexity index is 3410. The second-order valence-corrected chi connectivity index (χ2v) is 17.6. The first-order valence-electron chi connectivity index (χ1n) is 22.6. The van der Waals surface area contributed by atoms with Gasteiger partial charge in [0.2, 0.25) is 0 Å². The Morgan fingerprint density at radius 2 is 0.697 bits per heavy atom. The van der Waals surface area contributed by atoms with Gasteiger partial charge in [0.05, 0.1) is 0 Å². The Morgan fingerprint density at radius 3 is 1.23 bits per heavy atom. The highest BCUT2D eigenvalue weighted by molar-refractivity contribution is 5.98. The molecule has 0 spiro atoms. The summed E-state index contributed by atoms with van der Waals surface area (Å²) in [7, 11) is 0. The number of fused-ring (bicyclic) bond motifs is 5. The van der Waals surface area contributed by atoms with Gasteiger partial charge in [-0.25, -0.2) is 15.0 Å². The fourth-order valence-electron chi connectivity index (χ4n) is 9.90. The molecule has 0 amide bonds. The van der Waals surface area contributed by atoms with Crippen LogP contribution in [0.3, 0.4) is 0 Å². The van der Waals surface area contributed by atoms with Gasteiger partial charge in [-0.2, -0.15) is 0 Å². The van der Waals surface area contributed by atoms with Crippen LogP contribution in [0.25, 0.3) is 89.1 Å². The number of anilines is 3. The van der Waals surface area contributed by atoms with Crippen molar-refractivity contribution >= 4 is 38.6 Å². The summed E-state index contributed by atoms with van der Waals surface area (Å²) in [5.74, 6) is 1.96. The molecule has 0 N–H and O–H groups in total. The molecule has 0 saturated heterocycles. The van der Waals surface area contributed by atoms with Crippen molar-refractivity contribution in [2.75, 3.05) is 4.90 Å². The largest absolute Gasteiger partial charge is 0.310 e. The van der Waals surface area contributed by atoms with E-state index in [1.54, 1.807) is 0 Å². The van der Waals surface area contributed by atoms with Crippen molar-refractivity contribution in [1.82, 2.24) is 15.0 Å². The molecule has 1 aliphatic carbocycles. The molecule has 11 aromatic rings. The average Bonchev–Trinajstić information content (AvgIpc) is 3.61. The highest BCUT2D eigenvalue weighted by atomic mass is 15.1. The molecular formula is C62H44N4. The third-order valence-electron chi connectivity index (χ3n) is 13.3. The molecular weight excluding hydrogens is 801 g/mol. The first-order valence-corrected chi connectivity index (χ1v) is 22.6. The summed E-state index contributed by atoms with van der Waals surface area (Å²) in [5, 5.41) is 4.51. The average molecular weight is 845 g/mol. The zero-order valence-electron chi connectivity index (χ0n) is 36.7. The lowest BCUT2D eigenvalue weighted by atomic mass is 9.81. The molecule has 66 heavy (non-hydrogen) atoms. The SMILES string of the molecule is CC1(C)c2cc(-c3nc(-c4cccc5ccccc45)nc(-c4cccc5ccccc45)n3)ccc2-c2ccc(N(c3ccc(-c4ccccc4)cc3)c3ccc(-c4ccccc4)cc3)cc21. The van der Waals surface area contributed by atoms with Crippen LogP contribution in [-0.2, 0) is 5.41 Å². The molecule has 0 radical (unpaired) electrons. The fourth-order valence-corrected chi connectivity index (χ4v) is 9.90. The van der Waals surface area contributed by atoms with E-state index in [2.05, 4.69) is 249 Å². The van der Waals surface area contributed by atoms with Gasteiger partial charge < -0.3 is 4.90 Å². The number of hydrogen-bond acceptors (Lipinski definition) is 4. The Balaban J connectivity index is 0.963. The van der Waals surface area contributed by atoms with E-state index in [0.29, 0.717) is 17.5 Å².